The molecular weight excluding hydrogens is 338 g/mol. The van der Waals surface area contributed by atoms with E-state index >= 15 is 0 Å². The van der Waals surface area contributed by atoms with E-state index in [0.717, 1.165) is 0 Å². The van der Waals surface area contributed by atoms with Gasteiger partial charge in [0.15, 0.2) is 5.78 Å². The zero-order valence-corrected chi connectivity index (χ0v) is 14.5. The third-order valence-corrected chi connectivity index (χ3v) is 4.43. The fraction of sp³-hybridized carbons (Fsp3) is 0.368. The van der Waals surface area contributed by atoms with Crippen molar-refractivity contribution < 1.29 is 29.0 Å². The molecular formula is C19H19NO6. The summed E-state index contributed by atoms with van der Waals surface area (Å²) in [5.74, 6) is -3.85. The van der Waals surface area contributed by atoms with Crippen molar-refractivity contribution in [1.29, 1.82) is 0 Å². The van der Waals surface area contributed by atoms with E-state index in [1.807, 2.05) is 0 Å². The van der Waals surface area contributed by atoms with Crippen molar-refractivity contribution in [3.63, 3.8) is 0 Å². The Hall–Kier alpha value is -2.96. The van der Waals surface area contributed by atoms with E-state index in [1.54, 1.807) is 38.1 Å². The number of rotatable bonds is 5. The lowest BCUT2D eigenvalue weighted by Crippen LogP contribution is -2.36. The van der Waals surface area contributed by atoms with Gasteiger partial charge >= 0.3 is 11.9 Å². The number of aliphatic hydroxyl groups excluding tert-OH is 1. The van der Waals surface area contributed by atoms with E-state index in [2.05, 4.69) is 4.99 Å². The van der Waals surface area contributed by atoms with Crippen LogP contribution in [0.3, 0.4) is 0 Å². The van der Waals surface area contributed by atoms with Crippen molar-refractivity contribution in [3.05, 3.63) is 41.0 Å². The van der Waals surface area contributed by atoms with Gasteiger partial charge in [-0.3, -0.25) is 19.4 Å². The van der Waals surface area contributed by atoms with Gasteiger partial charge in [0.05, 0.1) is 37.0 Å². The minimum Gasteiger partial charge on any atom is -0.506 e. The number of carbonyl (C=O) groups is 3. The molecule has 1 aliphatic carbocycles. The summed E-state index contributed by atoms with van der Waals surface area (Å²) in [5.41, 5.74) is 0.763. The lowest BCUT2D eigenvalue weighted by atomic mass is 9.86. The lowest BCUT2D eigenvalue weighted by Gasteiger charge is -2.18. The van der Waals surface area contributed by atoms with Gasteiger partial charge in [-0.25, -0.2) is 0 Å². The van der Waals surface area contributed by atoms with Crippen LogP contribution in [0.1, 0.15) is 29.8 Å². The molecule has 2 atom stereocenters. The van der Waals surface area contributed by atoms with Crippen LogP contribution in [-0.4, -0.2) is 48.3 Å². The van der Waals surface area contributed by atoms with Gasteiger partial charge in [0.25, 0.3) is 0 Å². The molecule has 1 heterocycles. The van der Waals surface area contributed by atoms with E-state index in [4.69, 9.17) is 9.47 Å². The quantitative estimate of drug-likeness (QED) is 0.808. The van der Waals surface area contributed by atoms with Crippen LogP contribution in [0.4, 0.5) is 0 Å². The minimum absolute atomic E-state index is 0.00193. The summed E-state index contributed by atoms with van der Waals surface area (Å²) in [6.07, 6.45) is 0. The van der Waals surface area contributed by atoms with E-state index in [1.165, 1.54) is 0 Å². The van der Waals surface area contributed by atoms with Gasteiger partial charge in [-0.2, -0.15) is 0 Å². The molecule has 0 bridgehead atoms. The topological polar surface area (TPSA) is 102 Å². The lowest BCUT2D eigenvalue weighted by molar-refractivity contribution is -0.156. The Labute approximate surface area is 150 Å². The number of Topliss-reactive ketones (excluding diaryl/α,β-unsaturated/α-hetero) is 1. The molecule has 136 valence electrons. The van der Waals surface area contributed by atoms with Crippen molar-refractivity contribution in [3.8, 4) is 0 Å². The Morgan fingerprint density at radius 1 is 1.12 bits per heavy atom. The second-order valence-electron chi connectivity index (χ2n) is 5.91. The molecule has 0 fully saturated rings. The van der Waals surface area contributed by atoms with Crippen LogP contribution in [0.25, 0.3) is 5.76 Å². The molecule has 1 aliphatic heterocycles. The number of allylic oxidation sites excluding steroid dienone is 1. The van der Waals surface area contributed by atoms with Gasteiger partial charge in [-0.05, 0) is 13.8 Å². The predicted octanol–water partition coefficient (Wildman–Crippen LogP) is 1.97. The van der Waals surface area contributed by atoms with Crippen LogP contribution < -0.4 is 0 Å². The van der Waals surface area contributed by atoms with Crippen molar-refractivity contribution in [1.82, 2.24) is 0 Å². The standard InChI is InChI=1S/C19H19NO6/c1-3-25-18(23)12-9-20-15(13(12)19(24)26-4-2)14-16(21)10-7-5-6-8-11(10)17(14)22/h5-8,12-13,21H,3-4,9H2,1-2H3/t12-,13-/m0/s1. The summed E-state index contributed by atoms with van der Waals surface area (Å²) in [4.78, 5) is 41.7. The number of aliphatic hydroxyl groups is 1. The molecule has 26 heavy (non-hydrogen) atoms. The number of ether oxygens (including phenoxy) is 2. The summed E-state index contributed by atoms with van der Waals surface area (Å²) >= 11 is 0. The highest BCUT2D eigenvalue weighted by molar-refractivity contribution is 6.38. The highest BCUT2D eigenvalue weighted by Crippen LogP contribution is 2.37. The third kappa shape index (κ3) is 2.79. The van der Waals surface area contributed by atoms with Crippen LogP contribution in [0, 0.1) is 11.8 Å². The number of fused-ring (bicyclic) bond motifs is 1. The molecule has 3 rings (SSSR count). The summed E-state index contributed by atoms with van der Waals surface area (Å²) in [7, 11) is 0. The van der Waals surface area contributed by atoms with Gasteiger partial charge in [-0.1, -0.05) is 24.3 Å². The summed E-state index contributed by atoms with van der Waals surface area (Å²) in [6.45, 7) is 3.60. The van der Waals surface area contributed by atoms with Gasteiger partial charge in [0.2, 0.25) is 0 Å². The van der Waals surface area contributed by atoms with Crippen LogP contribution in [-0.2, 0) is 19.1 Å². The fourth-order valence-electron chi connectivity index (χ4n) is 3.30. The molecule has 1 N–H and O–H groups in total. The first-order valence-corrected chi connectivity index (χ1v) is 8.46. The Balaban J connectivity index is 2.01. The van der Waals surface area contributed by atoms with Crippen LogP contribution >= 0.6 is 0 Å². The van der Waals surface area contributed by atoms with E-state index in [9.17, 15) is 19.5 Å². The van der Waals surface area contributed by atoms with Gasteiger partial charge < -0.3 is 14.6 Å². The van der Waals surface area contributed by atoms with Crippen LogP contribution in [0.15, 0.2) is 34.8 Å². The SMILES string of the molecule is CCOC(=O)[C@@H]1C(C2=C(O)c3ccccc3C2=O)=NC[C@@H]1C(=O)OCC. The first-order valence-electron chi connectivity index (χ1n) is 8.46. The van der Waals surface area contributed by atoms with Gasteiger partial charge in [-0.15, -0.1) is 0 Å². The molecule has 0 saturated heterocycles. The average molecular weight is 357 g/mol. The Bertz CT molecular complexity index is 838. The Morgan fingerprint density at radius 3 is 2.35 bits per heavy atom. The number of esters is 2. The minimum atomic E-state index is -1.08. The maximum atomic E-state index is 12.8. The molecule has 0 radical (unpaired) electrons. The van der Waals surface area contributed by atoms with Crippen molar-refractivity contribution in [2.45, 2.75) is 13.8 Å². The third-order valence-electron chi connectivity index (χ3n) is 4.43. The number of nitrogens with zero attached hydrogens (tertiary/aromatic N) is 1. The smallest absolute Gasteiger partial charge is 0.315 e. The molecule has 1 aromatic carbocycles. The Morgan fingerprint density at radius 2 is 1.73 bits per heavy atom. The second kappa shape index (κ2) is 7.11. The molecule has 0 amide bonds. The number of hydrogen-bond donors (Lipinski definition) is 1. The second-order valence-corrected chi connectivity index (χ2v) is 5.91. The van der Waals surface area contributed by atoms with Gasteiger partial charge in [0, 0.05) is 11.1 Å². The molecule has 2 aliphatic rings. The monoisotopic (exact) mass is 357 g/mol. The average Bonchev–Trinajstić information content (AvgIpc) is 3.16. The normalized spacial score (nSPS) is 21.5. The number of hydrogen-bond acceptors (Lipinski definition) is 7. The van der Waals surface area contributed by atoms with Crippen LogP contribution in [0.5, 0.6) is 0 Å². The first kappa shape index (κ1) is 17.8. The summed E-state index contributed by atoms with van der Waals surface area (Å²) in [6, 6.07) is 6.60. The van der Waals surface area contributed by atoms with E-state index < -0.39 is 29.6 Å². The fourth-order valence-corrected chi connectivity index (χ4v) is 3.30. The van der Waals surface area contributed by atoms with Crippen molar-refractivity contribution in [2.75, 3.05) is 19.8 Å². The number of carbonyl (C=O) groups excluding carboxylic acids is 3. The molecule has 0 aromatic heterocycles. The number of ketones is 1. The van der Waals surface area contributed by atoms with E-state index in [0.29, 0.717) is 11.1 Å². The maximum Gasteiger partial charge on any atom is 0.315 e. The highest BCUT2D eigenvalue weighted by Gasteiger charge is 2.48. The van der Waals surface area contributed by atoms with E-state index in [-0.39, 0.29) is 36.8 Å². The molecule has 0 saturated carbocycles. The number of benzene rings is 1. The largest absolute Gasteiger partial charge is 0.506 e. The van der Waals surface area contributed by atoms with Crippen molar-refractivity contribution in [2.24, 2.45) is 16.8 Å². The zero-order valence-electron chi connectivity index (χ0n) is 14.5. The van der Waals surface area contributed by atoms with Crippen molar-refractivity contribution >= 4 is 29.2 Å². The molecule has 7 nitrogen and oxygen atoms in total. The molecule has 0 unspecified atom stereocenters. The highest BCUT2D eigenvalue weighted by atomic mass is 16.5. The summed E-state index contributed by atoms with van der Waals surface area (Å²) in [5, 5.41) is 10.5. The molecule has 1 aromatic rings. The maximum absolute atomic E-state index is 12.8. The first-order chi connectivity index (χ1) is 12.5. The van der Waals surface area contributed by atoms with Crippen LogP contribution in [0.2, 0.25) is 0 Å². The molecule has 0 spiro atoms. The Kier molecular flexibility index (Phi) is 4.88. The van der Waals surface area contributed by atoms with Gasteiger partial charge in [0.1, 0.15) is 11.7 Å². The molecule has 7 heteroatoms. The zero-order chi connectivity index (χ0) is 18.8. The summed E-state index contributed by atoms with van der Waals surface area (Å²) < 4.78 is 10.1. The predicted molar refractivity (Wildman–Crippen MR) is 92.9 cm³/mol. The number of aliphatic imine (C=N–C) groups is 1.